The maximum absolute atomic E-state index is 2.50. The van der Waals surface area contributed by atoms with Crippen molar-refractivity contribution in [3.63, 3.8) is 0 Å². The normalized spacial score (nSPS) is 12.4. The lowest BCUT2D eigenvalue weighted by molar-refractivity contribution is 0.715. The maximum atomic E-state index is 2.50. The highest BCUT2D eigenvalue weighted by molar-refractivity contribution is 7.34. The lowest BCUT2D eigenvalue weighted by Gasteiger charge is -2.19. The molecule has 0 unspecified atom stereocenters. The number of hydrogen-bond acceptors (Lipinski definition) is 2. The smallest absolute Gasteiger partial charge is 0.0541 e. The van der Waals surface area contributed by atoms with E-state index in [9.17, 15) is 0 Å². The summed E-state index contributed by atoms with van der Waals surface area (Å²) in [6.07, 6.45) is 2.09. The number of fused-ring (bicyclic) bond motifs is 8. The molecule has 0 bridgehead atoms. The van der Waals surface area contributed by atoms with Gasteiger partial charge in [0.25, 0.3) is 0 Å². The van der Waals surface area contributed by atoms with Crippen LogP contribution in [-0.2, 0) is 6.42 Å². The standard InChI is InChI=1S/C43H28S2/c1-3-11-27(12-4-1)29(28-13-5-2-6-14-28)23-21-26-22-24-30-31-16-9-18-34-38(31)41-40-32(35(30)25-26)17-10-20-37(40)45-43(41)42-39(34)33-15-7-8-19-36(33)44-42/h1-20,22,24-25,29H,21,23H2. The van der Waals surface area contributed by atoms with Gasteiger partial charge in [0.1, 0.15) is 0 Å². The molecule has 0 nitrogen and oxygen atoms in total. The van der Waals surface area contributed by atoms with Crippen LogP contribution in [0.25, 0.3) is 73.4 Å². The van der Waals surface area contributed by atoms with E-state index in [1.807, 2.05) is 22.7 Å². The molecule has 0 aliphatic heterocycles. The van der Waals surface area contributed by atoms with Crippen molar-refractivity contribution < 1.29 is 0 Å². The van der Waals surface area contributed by atoms with Crippen LogP contribution in [-0.4, -0.2) is 0 Å². The Kier molecular flexibility index (Phi) is 5.61. The van der Waals surface area contributed by atoms with Gasteiger partial charge in [-0.2, -0.15) is 0 Å². The molecule has 212 valence electrons. The molecular weight excluding hydrogens is 581 g/mol. The molecule has 2 aromatic heterocycles. The first-order valence-electron chi connectivity index (χ1n) is 15.8. The van der Waals surface area contributed by atoms with Crippen LogP contribution in [0.1, 0.15) is 29.0 Å². The first-order valence-corrected chi connectivity index (χ1v) is 17.4. The third-order valence-corrected chi connectivity index (χ3v) is 12.4. The van der Waals surface area contributed by atoms with Crippen molar-refractivity contribution in [1.82, 2.24) is 0 Å². The molecular formula is C43H28S2. The average Bonchev–Trinajstić information content (AvgIpc) is 3.65. The number of hydrogen-bond donors (Lipinski definition) is 0. The van der Waals surface area contributed by atoms with Gasteiger partial charge in [-0.25, -0.2) is 0 Å². The zero-order valence-corrected chi connectivity index (χ0v) is 26.2. The second kappa shape index (κ2) is 9.87. The van der Waals surface area contributed by atoms with Crippen LogP contribution in [0, 0.1) is 0 Å². The molecule has 10 rings (SSSR count). The molecule has 0 amide bonds. The van der Waals surface area contributed by atoms with E-state index in [2.05, 4.69) is 140 Å². The zero-order valence-electron chi connectivity index (χ0n) is 24.6. The van der Waals surface area contributed by atoms with E-state index in [1.54, 1.807) is 0 Å². The maximum Gasteiger partial charge on any atom is 0.0541 e. The molecule has 0 fully saturated rings. The van der Waals surface area contributed by atoms with Gasteiger partial charge in [-0.05, 0) is 74.7 Å². The molecule has 0 saturated heterocycles. The summed E-state index contributed by atoms with van der Waals surface area (Å²) in [6.45, 7) is 0. The molecule has 9 aromatic rings. The first-order chi connectivity index (χ1) is 22.3. The quantitative estimate of drug-likeness (QED) is 0.182. The van der Waals surface area contributed by atoms with Gasteiger partial charge in [0.15, 0.2) is 0 Å². The van der Waals surface area contributed by atoms with Crippen molar-refractivity contribution >= 4 is 73.8 Å². The largest absolute Gasteiger partial charge is 0.134 e. The van der Waals surface area contributed by atoms with Crippen LogP contribution < -0.4 is 0 Å². The molecule has 0 radical (unpaired) electrons. The van der Waals surface area contributed by atoms with Crippen molar-refractivity contribution in [3.8, 4) is 22.3 Å². The summed E-state index contributed by atoms with van der Waals surface area (Å²) >= 11 is 3.93. The van der Waals surface area contributed by atoms with Crippen molar-refractivity contribution in [1.29, 1.82) is 0 Å². The highest BCUT2D eigenvalue weighted by atomic mass is 32.1. The van der Waals surface area contributed by atoms with Crippen LogP contribution in [0.4, 0.5) is 0 Å². The fourth-order valence-electron chi connectivity index (χ4n) is 7.91. The minimum Gasteiger partial charge on any atom is -0.134 e. The predicted molar refractivity (Wildman–Crippen MR) is 197 cm³/mol. The topological polar surface area (TPSA) is 0 Å². The van der Waals surface area contributed by atoms with Crippen LogP contribution in [0.3, 0.4) is 0 Å². The summed E-state index contributed by atoms with van der Waals surface area (Å²) in [4.78, 5) is 0. The minimum absolute atomic E-state index is 0.368. The van der Waals surface area contributed by atoms with E-state index in [-0.39, 0.29) is 0 Å². The van der Waals surface area contributed by atoms with E-state index in [4.69, 9.17) is 0 Å². The molecule has 1 aliphatic rings. The van der Waals surface area contributed by atoms with Gasteiger partial charge in [-0.15, -0.1) is 22.7 Å². The van der Waals surface area contributed by atoms with E-state index in [0.717, 1.165) is 12.8 Å². The van der Waals surface area contributed by atoms with Crippen molar-refractivity contribution in [2.24, 2.45) is 0 Å². The Hall–Kier alpha value is -4.76. The first kappa shape index (κ1) is 25.6. The van der Waals surface area contributed by atoms with Gasteiger partial charge in [-0.1, -0.05) is 127 Å². The summed E-state index contributed by atoms with van der Waals surface area (Å²) in [5.41, 5.74) is 9.62. The Morgan fingerprint density at radius 1 is 0.422 bits per heavy atom. The molecule has 2 heteroatoms. The second-order valence-corrected chi connectivity index (χ2v) is 14.4. The molecule has 45 heavy (non-hydrogen) atoms. The van der Waals surface area contributed by atoms with Crippen molar-refractivity contribution in [2.75, 3.05) is 0 Å². The highest BCUT2D eigenvalue weighted by Crippen LogP contribution is 2.55. The summed E-state index contributed by atoms with van der Waals surface area (Å²) in [7, 11) is 0. The molecule has 1 aliphatic carbocycles. The van der Waals surface area contributed by atoms with Crippen molar-refractivity contribution in [3.05, 3.63) is 156 Å². The van der Waals surface area contributed by atoms with Crippen molar-refractivity contribution in [2.45, 2.75) is 18.8 Å². The Bertz CT molecular complexity index is 2550. The number of thiophene rings is 2. The van der Waals surface area contributed by atoms with E-state index in [1.165, 1.54) is 90.1 Å². The van der Waals surface area contributed by atoms with Crippen LogP contribution in [0.15, 0.2) is 140 Å². The lowest BCUT2D eigenvalue weighted by atomic mass is 9.85. The molecule has 0 spiro atoms. The summed E-state index contributed by atoms with van der Waals surface area (Å²) in [6, 6.07) is 52.2. The minimum atomic E-state index is 0.368. The molecule has 0 N–H and O–H groups in total. The van der Waals surface area contributed by atoms with Gasteiger partial charge < -0.3 is 0 Å². The van der Waals surface area contributed by atoms with Crippen LogP contribution in [0.5, 0.6) is 0 Å². The Labute approximate surface area is 269 Å². The summed E-state index contributed by atoms with van der Waals surface area (Å²) in [5, 5.41) is 8.47. The van der Waals surface area contributed by atoms with Crippen LogP contribution in [0.2, 0.25) is 0 Å². The molecule has 0 saturated carbocycles. The predicted octanol–water partition coefficient (Wildman–Crippen LogP) is 13.0. The average molecular weight is 609 g/mol. The van der Waals surface area contributed by atoms with E-state index < -0.39 is 0 Å². The zero-order chi connectivity index (χ0) is 29.5. The molecule has 7 aromatic carbocycles. The number of benzene rings is 7. The van der Waals surface area contributed by atoms with Gasteiger partial charge in [0.2, 0.25) is 0 Å². The Balaban J connectivity index is 1.18. The third-order valence-electron chi connectivity index (χ3n) is 9.89. The molecule has 0 atom stereocenters. The van der Waals surface area contributed by atoms with Gasteiger partial charge in [0, 0.05) is 36.9 Å². The fourth-order valence-corrected chi connectivity index (χ4v) is 10.5. The van der Waals surface area contributed by atoms with Gasteiger partial charge in [-0.3, -0.25) is 0 Å². The van der Waals surface area contributed by atoms with E-state index in [0.29, 0.717) is 5.92 Å². The van der Waals surface area contributed by atoms with Gasteiger partial charge >= 0.3 is 0 Å². The lowest BCUT2D eigenvalue weighted by Crippen LogP contribution is -2.03. The second-order valence-electron chi connectivity index (χ2n) is 12.3. The Morgan fingerprint density at radius 2 is 1.04 bits per heavy atom. The fraction of sp³-hybridized carbons (Fsp3) is 0.0698. The SMILES string of the molecule is c1ccc(C(CCc2ccc3c(c2)-c2cccc4sc5c6sc7ccccc7c6c6cccc-3c6c5c24)c2ccccc2)cc1. The number of rotatable bonds is 5. The van der Waals surface area contributed by atoms with Crippen LogP contribution >= 0.6 is 22.7 Å². The summed E-state index contributed by atoms with van der Waals surface area (Å²) < 4.78 is 5.63. The monoisotopic (exact) mass is 608 g/mol. The molecule has 2 heterocycles. The third kappa shape index (κ3) is 3.76. The van der Waals surface area contributed by atoms with Gasteiger partial charge in [0.05, 0.1) is 9.40 Å². The number of aryl methyl sites for hydroxylation is 1. The Morgan fingerprint density at radius 3 is 1.84 bits per heavy atom. The van der Waals surface area contributed by atoms with E-state index >= 15 is 0 Å². The highest BCUT2D eigenvalue weighted by Gasteiger charge is 2.26. The summed E-state index contributed by atoms with van der Waals surface area (Å²) in [5.74, 6) is 0.368.